The fourth-order valence-corrected chi connectivity index (χ4v) is 3.30. The Morgan fingerprint density at radius 3 is 2.47 bits per heavy atom. The van der Waals surface area contributed by atoms with Gasteiger partial charge in [-0.2, -0.15) is 0 Å². The number of likely N-dealkylation sites (N-methyl/N-ethyl adjacent to an activating group) is 1. The standard InChI is InChI=1S/C13H25N3S/c1-12(2)8-14-11(17-10-12)15-9-13(16(3)4)6-5-7-13/h5-10H2,1-4H3,(H,14,15). The summed E-state index contributed by atoms with van der Waals surface area (Å²) in [5, 5.41) is 4.71. The SMILES string of the molecule is CN(C)C1(CNC2=NCC(C)(C)CS2)CCC1. The van der Waals surface area contributed by atoms with E-state index in [1.807, 2.05) is 11.8 Å². The van der Waals surface area contributed by atoms with Crippen LogP contribution in [-0.2, 0) is 0 Å². The van der Waals surface area contributed by atoms with Crippen molar-refractivity contribution in [1.29, 1.82) is 0 Å². The molecule has 98 valence electrons. The van der Waals surface area contributed by atoms with Gasteiger partial charge in [0.25, 0.3) is 0 Å². The van der Waals surface area contributed by atoms with Gasteiger partial charge in [0.05, 0.1) is 0 Å². The first kappa shape index (κ1) is 13.2. The molecule has 0 atom stereocenters. The lowest BCUT2D eigenvalue weighted by atomic mass is 9.75. The monoisotopic (exact) mass is 255 g/mol. The van der Waals surface area contributed by atoms with Gasteiger partial charge in [0.2, 0.25) is 0 Å². The van der Waals surface area contributed by atoms with Crippen LogP contribution < -0.4 is 5.32 Å². The minimum atomic E-state index is 0.367. The Morgan fingerprint density at radius 1 is 1.35 bits per heavy atom. The van der Waals surface area contributed by atoms with Gasteiger partial charge in [-0.05, 0) is 38.8 Å². The molecule has 1 aliphatic carbocycles. The zero-order valence-corrected chi connectivity index (χ0v) is 12.4. The van der Waals surface area contributed by atoms with E-state index in [0.717, 1.165) is 18.3 Å². The van der Waals surface area contributed by atoms with Crippen LogP contribution >= 0.6 is 11.8 Å². The number of rotatable bonds is 3. The Balaban J connectivity index is 1.85. The van der Waals surface area contributed by atoms with Gasteiger partial charge in [0, 0.05) is 24.4 Å². The van der Waals surface area contributed by atoms with Crippen LogP contribution in [0.5, 0.6) is 0 Å². The van der Waals surface area contributed by atoms with E-state index >= 15 is 0 Å². The maximum absolute atomic E-state index is 4.65. The summed E-state index contributed by atoms with van der Waals surface area (Å²) in [4.78, 5) is 7.03. The summed E-state index contributed by atoms with van der Waals surface area (Å²) in [5.41, 5.74) is 0.752. The van der Waals surface area contributed by atoms with Crippen molar-refractivity contribution < 1.29 is 0 Å². The molecule has 0 amide bonds. The number of hydrogen-bond acceptors (Lipinski definition) is 4. The van der Waals surface area contributed by atoms with Crippen LogP contribution in [0, 0.1) is 5.41 Å². The second kappa shape index (κ2) is 4.81. The zero-order valence-electron chi connectivity index (χ0n) is 11.5. The molecule has 0 aromatic carbocycles. The molecule has 1 fully saturated rings. The maximum atomic E-state index is 4.65. The van der Waals surface area contributed by atoms with E-state index in [0.29, 0.717) is 11.0 Å². The van der Waals surface area contributed by atoms with E-state index in [1.165, 1.54) is 25.0 Å². The first-order valence-corrected chi connectivity index (χ1v) is 7.51. The van der Waals surface area contributed by atoms with Crippen LogP contribution in [-0.4, -0.2) is 48.5 Å². The minimum absolute atomic E-state index is 0.367. The van der Waals surface area contributed by atoms with Crippen LogP contribution in [0.1, 0.15) is 33.1 Å². The van der Waals surface area contributed by atoms with Gasteiger partial charge in [-0.15, -0.1) is 0 Å². The average Bonchev–Trinajstić information content (AvgIpc) is 2.18. The molecule has 0 saturated heterocycles. The topological polar surface area (TPSA) is 27.6 Å². The van der Waals surface area contributed by atoms with Gasteiger partial charge in [0.15, 0.2) is 5.17 Å². The van der Waals surface area contributed by atoms with Crippen molar-refractivity contribution in [3.8, 4) is 0 Å². The van der Waals surface area contributed by atoms with Gasteiger partial charge in [0.1, 0.15) is 0 Å². The van der Waals surface area contributed by atoms with Gasteiger partial charge in [-0.3, -0.25) is 4.99 Å². The molecule has 17 heavy (non-hydrogen) atoms. The molecule has 3 nitrogen and oxygen atoms in total. The number of amidine groups is 1. The van der Waals surface area contributed by atoms with E-state index in [-0.39, 0.29) is 0 Å². The maximum Gasteiger partial charge on any atom is 0.156 e. The number of aliphatic imine (C=N–C) groups is 1. The third-order valence-corrected chi connectivity index (χ3v) is 5.52. The molecule has 2 rings (SSSR count). The summed E-state index contributed by atoms with van der Waals surface area (Å²) < 4.78 is 0. The molecular formula is C13H25N3S. The third-order valence-electron chi connectivity index (χ3n) is 4.05. The molecule has 0 spiro atoms. The normalized spacial score (nSPS) is 26.3. The van der Waals surface area contributed by atoms with E-state index in [9.17, 15) is 0 Å². The molecule has 0 bridgehead atoms. The van der Waals surface area contributed by atoms with Gasteiger partial charge < -0.3 is 10.2 Å². The zero-order chi connectivity index (χ0) is 12.5. The number of nitrogens with one attached hydrogen (secondary N) is 1. The van der Waals surface area contributed by atoms with Crippen molar-refractivity contribution in [3.63, 3.8) is 0 Å². The van der Waals surface area contributed by atoms with E-state index in [1.54, 1.807) is 0 Å². The van der Waals surface area contributed by atoms with Crippen LogP contribution in [0.3, 0.4) is 0 Å². The summed E-state index contributed by atoms with van der Waals surface area (Å²) >= 11 is 1.88. The second-order valence-corrected chi connectivity index (χ2v) is 7.36. The number of hydrogen-bond donors (Lipinski definition) is 1. The number of thioether (sulfide) groups is 1. The summed E-state index contributed by atoms with van der Waals surface area (Å²) in [5.74, 6) is 1.17. The highest BCUT2D eigenvalue weighted by molar-refractivity contribution is 8.13. The molecule has 0 radical (unpaired) electrons. The van der Waals surface area contributed by atoms with Crippen molar-refractivity contribution in [3.05, 3.63) is 0 Å². The predicted molar refractivity (Wildman–Crippen MR) is 76.8 cm³/mol. The Hall–Kier alpha value is -0.220. The molecule has 0 aromatic heterocycles. The highest BCUT2D eigenvalue weighted by Gasteiger charge is 2.39. The smallest absolute Gasteiger partial charge is 0.156 e. The first-order chi connectivity index (χ1) is 7.94. The second-order valence-electron chi connectivity index (χ2n) is 6.40. The molecule has 1 saturated carbocycles. The van der Waals surface area contributed by atoms with E-state index in [4.69, 9.17) is 0 Å². The van der Waals surface area contributed by atoms with Crippen molar-refractivity contribution >= 4 is 16.9 Å². The molecule has 0 aromatic rings. The van der Waals surface area contributed by atoms with Crippen molar-refractivity contribution in [1.82, 2.24) is 10.2 Å². The lowest BCUT2D eigenvalue weighted by Crippen LogP contribution is -2.57. The largest absolute Gasteiger partial charge is 0.363 e. The Morgan fingerprint density at radius 2 is 2.06 bits per heavy atom. The van der Waals surface area contributed by atoms with Crippen LogP contribution in [0.4, 0.5) is 0 Å². The lowest BCUT2D eigenvalue weighted by Gasteiger charge is -2.47. The summed E-state index contributed by atoms with van der Waals surface area (Å²) in [6.45, 7) is 6.57. The fraction of sp³-hybridized carbons (Fsp3) is 0.923. The molecule has 1 heterocycles. The van der Waals surface area contributed by atoms with Crippen LogP contribution in [0.15, 0.2) is 4.99 Å². The third kappa shape index (κ3) is 2.97. The van der Waals surface area contributed by atoms with Crippen LogP contribution in [0.25, 0.3) is 0 Å². The van der Waals surface area contributed by atoms with Gasteiger partial charge in [-0.25, -0.2) is 0 Å². The summed E-state index contributed by atoms with van der Waals surface area (Å²) in [6, 6.07) is 0. The highest BCUT2D eigenvalue weighted by Crippen LogP contribution is 2.36. The van der Waals surface area contributed by atoms with Gasteiger partial charge in [-0.1, -0.05) is 25.6 Å². The predicted octanol–water partition coefficient (Wildman–Crippen LogP) is 2.19. The van der Waals surface area contributed by atoms with Crippen molar-refractivity contribution in [2.45, 2.75) is 38.6 Å². The first-order valence-electron chi connectivity index (χ1n) is 6.52. The molecule has 4 heteroatoms. The lowest BCUT2D eigenvalue weighted by molar-refractivity contribution is 0.0650. The molecule has 1 aliphatic heterocycles. The van der Waals surface area contributed by atoms with E-state index < -0.39 is 0 Å². The number of nitrogens with zero attached hydrogens (tertiary/aromatic N) is 2. The van der Waals surface area contributed by atoms with Gasteiger partial charge >= 0.3 is 0 Å². The summed E-state index contributed by atoms with van der Waals surface area (Å²) in [7, 11) is 4.39. The molecular weight excluding hydrogens is 230 g/mol. The fourth-order valence-electron chi connectivity index (χ4n) is 2.35. The highest BCUT2D eigenvalue weighted by atomic mass is 32.2. The van der Waals surface area contributed by atoms with Crippen LogP contribution in [0.2, 0.25) is 0 Å². The quantitative estimate of drug-likeness (QED) is 0.838. The Kier molecular flexibility index (Phi) is 3.74. The van der Waals surface area contributed by atoms with Crippen molar-refractivity contribution in [2.24, 2.45) is 10.4 Å². The summed E-state index contributed by atoms with van der Waals surface area (Å²) in [6.07, 6.45) is 4.00. The Bertz CT molecular complexity index is 306. The molecule has 1 N–H and O–H groups in total. The Labute approximate surface area is 109 Å². The van der Waals surface area contributed by atoms with Crippen molar-refractivity contribution in [2.75, 3.05) is 32.9 Å². The minimum Gasteiger partial charge on any atom is -0.363 e. The molecule has 0 unspecified atom stereocenters. The average molecular weight is 255 g/mol. The molecule has 2 aliphatic rings. The van der Waals surface area contributed by atoms with E-state index in [2.05, 4.69) is 43.2 Å².